The second-order valence-electron chi connectivity index (χ2n) is 2.70. The second-order valence-corrected chi connectivity index (χ2v) is 2.70. The number of nitrogens with zero attached hydrogens (tertiary/aromatic N) is 1. The average Bonchev–Trinajstić information content (AvgIpc) is 2.05. The van der Waals surface area contributed by atoms with Gasteiger partial charge in [-0.05, 0) is 6.42 Å². The van der Waals surface area contributed by atoms with Crippen molar-refractivity contribution in [3.63, 3.8) is 0 Å². The molecule has 0 aliphatic carbocycles. The SMILES string of the molecule is COCCCN(C)C(=O)CCN. The maximum Gasteiger partial charge on any atom is 0.223 e. The Kier molecular flexibility index (Phi) is 6.70. The molecule has 0 aromatic carbocycles. The molecule has 0 heterocycles. The average molecular weight is 174 g/mol. The summed E-state index contributed by atoms with van der Waals surface area (Å²) in [6, 6.07) is 0. The van der Waals surface area contributed by atoms with Gasteiger partial charge in [0, 0.05) is 40.3 Å². The van der Waals surface area contributed by atoms with Crippen molar-refractivity contribution < 1.29 is 9.53 Å². The van der Waals surface area contributed by atoms with Crippen LogP contribution in [0.1, 0.15) is 12.8 Å². The van der Waals surface area contributed by atoms with Crippen LogP contribution in [0.2, 0.25) is 0 Å². The summed E-state index contributed by atoms with van der Waals surface area (Å²) in [5, 5.41) is 0. The Balaban J connectivity index is 3.42. The van der Waals surface area contributed by atoms with E-state index in [1.54, 1.807) is 19.1 Å². The minimum absolute atomic E-state index is 0.105. The summed E-state index contributed by atoms with van der Waals surface area (Å²) < 4.78 is 4.87. The van der Waals surface area contributed by atoms with Crippen molar-refractivity contribution in [1.82, 2.24) is 4.90 Å². The van der Waals surface area contributed by atoms with Crippen molar-refractivity contribution in [2.45, 2.75) is 12.8 Å². The fraction of sp³-hybridized carbons (Fsp3) is 0.875. The molecule has 0 fully saturated rings. The van der Waals surface area contributed by atoms with Crippen molar-refractivity contribution in [2.24, 2.45) is 5.73 Å². The molecule has 0 spiro atoms. The van der Waals surface area contributed by atoms with Gasteiger partial charge in [-0.15, -0.1) is 0 Å². The normalized spacial score (nSPS) is 9.92. The molecule has 4 nitrogen and oxygen atoms in total. The number of amides is 1. The Morgan fingerprint density at radius 3 is 2.75 bits per heavy atom. The minimum atomic E-state index is 0.105. The monoisotopic (exact) mass is 174 g/mol. The van der Waals surface area contributed by atoms with Gasteiger partial charge in [0.1, 0.15) is 0 Å². The Labute approximate surface area is 73.7 Å². The molecular weight excluding hydrogens is 156 g/mol. The number of carbonyl (C=O) groups is 1. The first-order valence-corrected chi connectivity index (χ1v) is 4.15. The van der Waals surface area contributed by atoms with Crippen LogP contribution in [-0.2, 0) is 9.53 Å². The highest BCUT2D eigenvalue weighted by Gasteiger charge is 2.05. The van der Waals surface area contributed by atoms with E-state index >= 15 is 0 Å². The van der Waals surface area contributed by atoms with Crippen LogP contribution >= 0.6 is 0 Å². The highest BCUT2D eigenvalue weighted by molar-refractivity contribution is 5.75. The third kappa shape index (κ3) is 5.09. The molecule has 0 atom stereocenters. The number of rotatable bonds is 6. The van der Waals surface area contributed by atoms with Crippen molar-refractivity contribution in [3.05, 3.63) is 0 Å². The maximum absolute atomic E-state index is 11.1. The molecule has 2 N–H and O–H groups in total. The first-order chi connectivity index (χ1) is 5.72. The van der Waals surface area contributed by atoms with E-state index in [0.717, 1.165) is 13.0 Å². The Hall–Kier alpha value is -0.610. The number of ether oxygens (including phenoxy) is 1. The standard InChI is InChI=1S/C8H18N2O2/c1-10(6-3-7-12-2)8(11)4-5-9/h3-7,9H2,1-2H3. The molecule has 0 aliphatic rings. The molecule has 0 bridgehead atoms. The maximum atomic E-state index is 11.1. The van der Waals surface area contributed by atoms with Crippen molar-refractivity contribution >= 4 is 5.91 Å². The zero-order valence-corrected chi connectivity index (χ0v) is 7.88. The van der Waals surface area contributed by atoms with Gasteiger partial charge < -0.3 is 15.4 Å². The fourth-order valence-electron chi connectivity index (χ4n) is 0.885. The summed E-state index contributed by atoms with van der Waals surface area (Å²) in [6.07, 6.45) is 1.31. The van der Waals surface area contributed by atoms with Gasteiger partial charge in [0.15, 0.2) is 0 Å². The van der Waals surface area contributed by atoms with Gasteiger partial charge in [-0.25, -0.2) is 0 Å². The van der Waals surface area contributed by atoms with Gasteiger partial charge in [-0.1, -0.05) is 0 Å². The van der Waals surface area contributed by atoms with Gasteiger partial charge >= 0.3 is 0 Å². The van der Waals surface area contributed by atoms with Gasteiger partial charge in [-0.2, -0.15) is 0 Å². The van der Waals surface area contributed by atoms with E-state index in [9.17, 15) is 4.79 Å². The van der Waals surface area contributed by atoms with Crippen LogP contribution in [0.15, 0.2) is 0 Å². The molecule has 0 aliphatic heterocycles. The number of hydrogen-bond acceptors (Lipinski definition) is 3. The molecule has 72 valence electrons. The molecule has 0 aromatic heterocycles. The van der Waals surface area contributed by atoms with Crippen LogP contribution in [0.5, 0.6) is 0 Å². The third-order valence-electron chi connectivity index (χ3n) is 1.63. The second kappa shape index (κ2) is 7.06. The Morgan fingerprint density at radius 1 is 1.58 bits per heavy atom. The largest absolute Gasteiger partial charge is 0.385 e. The topological polar surface area (TPSA) is 55.6 Å². The fourth-order valence-corrected chi connectivity index (χ4v) is 0.885. The molecular formula is C8H18N2O2. The molecule has 0 saturated carbocycles. The van der Waals surface area contributed by atoms with Gasteiger partial charge in [0.05, 0.1) is 0 Å². The van der Waals surface area contributed by atoms with E-state index in [0.29, 0.717) is 19.6 Å². The minimum Gasteiger partial charge on any atom is -0.385 e. The van der Waals surface area contributed by atoms with Crippen LogP contribution in [-0.4, -0.2) is 44.7 Å². The predicted octanol–water partition coefficient (Wildman–Crippen LogP) is -0.170. The number of nitrogens with two attached hydrogens (primary N) is 1. The number of carbonyl (C=O) groups excluding carboxylic acids is 1. The summed E-state index contributed by atoms with van der Waals surface area (Å²) in [5.74, 6) is 0.105. The van der Waals surface area contributed by atoms with E-state index < -0.39 is 0 Å². The quantitative estimate of drug-likeness (QED) is 0.569. The molecule has 12 heavy (non-hydrogen) atoms. The van der Waals surface area contributed by atoms with Crippen LogP contribution in [0, 0.1) is 0 Å². The Morgan fingerprint density at radius 2 is 2.25 bits per heavy atom. The molecule has 4 heteroatoms. The Bertz CT molecular complexity index is 128. The van der Waals surface area contributed by atoms with E-state index in [2.05, 4.69) is 0 Å². The lowest BCUT2D eigenvalue weighted by Gasteiger charge is -2.15. The number of hydrogen-bond donors (Lipinski definition) is 1. The van der Waals surface area contributed by atoms with Crippen molar-refractivity contribution in [1.29, 1.82) is 0 Å². The molecule has 0 saturated heterocycles. The lowest BCUT2D eigenvalue weighted by Crippen LogP contribution is -2.29. The summed E-state index contributed by atoms with van der Waals surface area (Å²) in [5.41, 5.74) is 5.25. The predicted molar refractivity (Wildman–Crippen MR) is 47.8 cm³/mol. The smallest absolute Gasteiger partial charge is 0.223 e. The van der Waals surface area contributed by atoms with E-state index in [-0.39, 0.29) is 5.91 Å². The first-order valence-electron chi connectivity index (χ1n) is 4.15. The molecule has 0 radical (unpaired) electrons. The van der Waals surface area contributed by atoms with Gasteiger partial charge in [0.25, 0.3) is 0 Å². The number of methoxy groups -OCH3 is 1. The first kappa shape index (κ1) is 11.4. The van der Waals surface area contributed by atoms with Gasteiger partial charge in [-0.3, -0.25) is 4.79 Å². The van der Waals surface area contributed by atoms with E-state index in [1.807, 2.05) is 0 Å². The summed E-state index contributed by atoms with van der Waals surface area (Å²) in [7, 11) is 3.44. The van der Waals surface area contributed by atoms with E-state index in [1.165, 1.54) is 0 Å². The van der Waals surface area contributed by atoms with Crippen molar-refractivity contribution in [3.8, 4) is 0 Å². The molecule has 0 rings (SSSR count). The molecule has 1 amide bonds. The lowest BCUT2D eigenvalue weighted by molar-refractivity contribution is -0.129. The molecule has 0 aromatic rings. The summed E-state index contributed by atoms with van der Waals surface area (Å²) in [6.45, 7) is 1.86. The highest BCUT2D eigenvalue weighted by atomic mass is 16.5. The zero-order chi connectivity index (χ0) is 9.40. The molecule has 0 unspecified atom stereocenters. The summed E-state index contributed by atoms with van der Waals surface area (Å²) in [4.78, 5) is 12.8. The van der Waals surface area contributed by atoms with E-state index in [4.69, 9.17) is 10.5 Å². The van der Waals surface area contributed by atoms with Gasteiger partial charge in [0.2, 0.25) is 5.91 Å². The van der Waals surface area contributed by atoms with Crippen LogP contribution in [0.4, 0.5) is 0 Å². The zero-order valence-electron chi connectivity index (χ0n) is 7.88. The third-order valence-corrected chi connectivity index (χ3v) is 1.63. The highest BCUT2D eigenvalue weighted by Crippen LogP contribution is 1.91. The van der Waals surface area contributed by atoms with Crippen LogP contribution in [0.3, 0.4) is 0 Å². The lowest BCUT2D eigenvalue weighted by atomic mass is 10.3. The summed E-state index contributed by atoms with van der Waals surface area (Å²) >= 11 is 0. The van der Waals surface area contributed by atoms with Crippen molar-refractivity contribution in [2.75, 3.05) is 33.9 Å². The van der Waals surface area contributed by atoms with Crippen LogP contribution in [0.25, 0.3) is 0 Å². The van der Waals surface area contributed by atoms with Crippen LogP contribution < -0.4 is 5.73 Å².